The molecule has 0 radical (unpaired) electrons. The zero-order valence-electron chi connectivity index (χ0n) is 18.5. The topological polar surface area (TPSA) is 92.8 Å². The van der Waals surface area contributed by atoms with Gasteiger partial charge in [-0.1, -0.05) is 70.0 Å². The van der Waals surface area contributed by atoms with Crippen LogP contribution in [-0.2, 0) is 30.3 Å². The Morgan fingerprint density at radius 3 is 2.34 bits per heavy atom. The molecule has 1 saturated heterocycles. The third-order valence-corrected chi connectivity index (χ3v) is 7.72. The molecule has 2 aromatic rings. The smallest absolute Gasteiger partial charge is 0.330 e. The number of hydrogen-bond donors (Lipinski definition) is 1. The molecule has 1 saturated carbocycles. The summed E-state index contributed by atoms with van der Waals surface area (Å²) in [6.07, 6.45) is 4.91. The summed E-state index contributed by atoms with van der Waals surface area (Å²) in [5, 5.41) is 2.92. The van der Waals surface area contributed by atoms with E-state index in [1.807, 2.05) is 42.5 Å². The van der Waals surface area contributed by atoms with Crippen molar-refractivity contribution in [3.63, 3.8) is 0 Å². The lowest BCUT2D eigenvalue weighted by Crippen LogP contribution is -2.48. The minimum atomic E-state index is -1.15. The van der Waals surface area contributed by atoms with E-state index >= 15 is 0 Å². The highest BCUT2D eigenvalue weighted by molar-refractivity contribution is 9.10. The fourth-order valence-electron chi connectivity index (χ4n) is 5.36. The summed E-state index contributed by atoms with van der Waals surface area (Å²) in [5.41, 5.74) is 1.15. The molecule has 2 fully saturated rings. The number of esters is 1. The van der Waals surface area contributed by atoms with E-state index in [1.165, 1.54) is 0 Å². The normalized spacial score (nSPS) is 25.0. The molecule has 0 aromatic heterocycles. The van der Waals surface area contributed by atoms with Gasteiger partial charge in [-0.25, -0.2) is 4.79 Å². The van der Waals surface area contributed by atoms with Crippen LogP contribution in [0.1, 0.15) is 12.0 Å². The van der Waals surface area contributed by atoms with Crippen LogP contribution in [0.3, 0.4) is 0 Å². The molecule has 5 atom stereocenters. The number of carbonyl (C=O) groups is 4. The number of amides is 3. The van der Waals surface area contributed by atoms with Gasteiger partial charge in [0.2, 0.25) is 11.8 Å². The summed E-state index contributed by atoms with van der Waals surface area (Å²) in [6.45, 7) is -0.577. The van der Waals surface area contributed by atoms with Gasteiger partial charge in [0.25, 0.3) is 5.91 Å². The van der Waals surface area contributed by atoms with Crippen LogP contribution in [-0.4, -0.2) is 41.2 Å². The number of nitrogens with zero attached hydrogens (tertiary/aromatic N) is 1. The highest BCUT2D eigenvalue weighted by Crippen LogP contribution is 2.53. The van der Waals surface area contributed by atoms with E-state index in [9.17, 15) is 19.2 Å². The van der Waals surface area contributed by atoms with Gasteiger partial charge in [-0.05, 0) is 42.0 Å². The summed E-state index contributed by atoms with van der Waals surface area (Å²) < 4.78 is 6.06. The molecule has 0 unspecified atom stereocenters. The SMILES string of the molecule is O=C(COC(=O)[C@@H](Cc1ccccc1)N1C(=O)[C@@H]2[C@H](C1=O)[C@H]1C=C[C@H]2C1)Nc1ccc(Br)cc1Cl. The molecule has 2 bridgehead atoms. The van der Waals surface area contributed by atoms with Crippen molar-refractivity contribution in [3.05, 3.63) is 75.7 Å². The van der Waals surface area contributed by atoms with Crippen LogP contribution in [0, 0.1) is 23.7 Å². The Morgan fingerprint density at radius 2 is 1.71 bits per heavy atom. The first kappa shape index (κ1) is 23.8. The lowest BCUT2D eigenvalue weighted by Gasteiger charge is -2.26. The lowest BCUT2D eigenvalue weighted by atomic mass is 9.85. The van der Waals surface area contributed by atoms with Crippen LogP contribution in [0.15, 0.2) is 65.2 Å². The van der Waals surface area contributed by atoms with Gasteiger partial charge >= 0.3 is 5.97 Å². The van der Waals surface area contributed by atoms with E-state index in [2.05, 4.69) is 21.2 Å². The van der Waals surface area contributed by atoms with Gasteiger partial charge in [-0.3, -0.25) is 19.3 Å². The summed E-state index contributed by atoms with van der Waals surface area (Å²) in [4.78, 5) is 53.4. The first-order chi connectivity index (χ1) is 16.8. The molecule has 5 rings (SSSR count). The van der Waals surface area contributed by atoms with Crippen molar-refractivity contribution in [2.75, 3.05) is 11.9 Å². The molecule has 2 aliphatic carbocycles. The molecule has 1 N–H and O–H groups in total. The Morgan fingerprint density at radius 1 is 1.06 bits per heavy atom. The molecule has 180 valence electrons. The Labute approximate surface area is 215 Å². The molecule has 9 heteroatoms. The minimum Gasteiger partial charge on any atom is -0.454 e. The van der Waals surface area contributed by atoms with Gasteiger partial charge in [-0.15, -0.1) is 0 Å². The van der Waals surface area contributed by atoms with Gasteiger partial charge in [0.05, 0.1) is 22.5 Å². The van der Waals surface area contributed by atoms with E-state index in [0.717, 1.165) is 21.4 Å². The molecule has 3 aliphatic rings. The van der Waals surface area contributed by atoms with Crippen molar-refractivity contribution in [3.8, 4) is 0 Å². The van der Waals surface area contributed by atoms with Gasteiger partial charge in [0, 0.05) is 10.9 Å². The van der Waals surface area contributed by atoms with Crippen LogP contribution in [0.4, 0.5) is 5.69 Å². The van der Waals surface area contributed by atoms with Gasteiger partial charge < -0.3 is 10.1 Å². The third-order valence-electron chi connectivity index (χ3n) is 6.91. The number of carbonyl (C=O) groups excluding carboxylic acids is 4. The van der Waals surface area contributed by atoms with Crippen LogP contribution in [0.5, 0.6) is 0 Å². The first-order valence-corrected chi connectivity index (χ1v) is 12.5. The van der Waals surface area contributed by atoms with Crippen molar-refractivity contribution < 1.29 is 23.9 Å². The quantitative estimate of drug-likeness (QED) is 0.316. The van der Waals surface area contributed by atoms with Gasteiger partial charge in [0.15, 0.2) is 6.61 Å². The third kappa shape index (κ3) is 4.52. The largest absolute Gasteiger partial charge is 0.454 e. The number of halogens is 2. The number of imide groups is 1. The number of nitrogens with one attached hydrogen (secondary N) is 1. The molecular weight excluding hydrogens is 536 g/mol. The van der Waals surface area contributed by atoms with Crippen LogP contribution in [0.25, 0.3) is 0 Å². The van der Waals surface area contributed by atoms with E-state index in [4.69, 9.17) is 16.3 Å². The Bertz CT molecular complexity index is 1200. The summed E-state index contributed by atoms with van der Waals surface area (Å²) in [6, 6.07) is 12.9. The highest BCUT2D eigenvalue weighted by atomic mass is 79.9. The Hall–Kier alpha value is -2.97. The van der Waals surface area contributed by atoms with Gasteiger partial charge in [-0.2, -0.15) is 0 Å². The van der Waals surface area contributed by atoms with Crippen LogP contribution in [0.2, 0.25) is 5.02 Å². The summed E-state index contributed by atoms with van der Waals surface area (Å²) in [5.74, 6) is -2.84. The van der Waals surface area contributed by atoms with Crippen molar-refractivity contribution >= 4 is 56.9 Å². The molecule has 2 aromatic carbocycles. The molecule has 35 heavy (non-hydrogen) atoms. The summed E-state index contributed by atoms with van der Waals surface area (Å²) >= 11 is 9.43. The van der Waals surface area contributed by atoms with Crippen molar-refractivity contribution in [2.24, 2.45) is 23.7 Å². The first-order valence-electron chi connectivity index (χ1n) is 11.3. The minimum absolute atomic E-state index is 0.0290. The number of allylic oxidation sites excluding steroid dienone is 2. The Balaban J connectivity index is 1.32. The number of anilines is 1. The number of benzene rings is 2. The zero-order valence-corrected chi connectivity index (χ0v) is 20.9. The highest BCUT2D eigenvalue weighted by Gasteiger charge is 2.61. The number of hydrogen-bond acceptors (Lipinski definition) is 5. The molecular formula is C26H22BrClN2O5. The van der Waals surface area contributed by atoms with E-state index in [1.54, 1.807) is 18.2 Å². The fraction of sp³-hybridized carbons (Fsp3) is 0.308. The number of likely N-dealkylation sites (tertiary alicyclic amines) is 1. The van der Waals surface area contributed by atoms with Gasteiger partial charge in [0.1, 0.15) is 6.04 Å². The van der Waals surface area contributed by atoms with Crippen LogP contribution >= 0.6 is 27.5 Å². The second-order valence-corrected chi connectivity index (χ2v) is 10.4. The standard InChI is InChI=1S/C26H22BrClN2O5/c27-17-8-9-19(18(28)12-17)29-21(31)13-35-26(34)20(10-14-4-2-1-3-5-14)30-24(32)22-15-6-7-16(11-15)23(22)25(30)33/h1-9,12,15-16,20,22-23H,10-11,13H2,(H,29,31)/t15-,16-,20+,22-,23+/m0/s1. The Kier molecular flexibility index (Phi) is 6.51. The number of fused-ring (bicyclic) bond motifs is 5. The predicted octanol–water partition coefficient (Wildman–Crippen LogP) is 4.00. The molecule has 7 nitrogen and oxygen atoms in total. The fourth-order valence-corrected chi connectivity index (χ4v) is 6.08. The van der Waals surface area contributed by atoms with E-state index in [-0.39, 0.29) is 30.1 Å². The molecule has 1 heterocycles. The maximum atomic E-state index is 13.3. The van der Waals surface area contributed by atoms with Crippen molar-refractivity contribution in [2.45, 2.75) is 18.9 Å². The number of ether oxygens (including phenoxy) is 1. The van der Waals surface area contributed by atoms with E-state index in [0.29, 0.717) is 10.7 Å². The average Bonchev–Trinajstić information content (AvgIpc) is 3.52. The maximum absolute atomic E-state index is 13.3. The van der Waals surface area contributed by atoms with Crippen molar-refractivity contribution in [1.82, 2.24) is 4.90 Å². The predicted molar refractivity (Wildman–Crippen MR) is 132 cm³/mol. The number of rotatable bonds is 7. The summed E-state index contributed by atoms with van der Waals surface area (Å²) in [7, 11) is 0. The maximum Gasteiger partial charge on any atom is 0.330 e. The second kappa shape index (κ2) is 9.59. The average molecular weight is 558 g/mol. The second-order valence-electron chi connectivity index (χ2n) is 9.03. The molecule has 1 aliphatic heterocycles. The van der Waals surface area contributed by atoms with Crippen molar-refractivity contribution in [1.29, 1.82) is 0 Å². The monoisotopic (exact) mass is 556 g/mol. The van der Waals surface area contributed by atoms with E-state index < -0.39 is 36.4 Å². The lowest BCUT2D eigenvalue weighted by molar-refractivity contribution is -0.160. The molecule has 3 amide bonds. The molecule has 0 spiro atoms. The van der Waals surface area contributed by atoms with Crippen LogP contribution < -0.4 is 5.32 Å². The zero-order chi connectivity index (χ0) is 24.7.